The molecule has 0 bridgehead atoms. The van der Waals surface area contributed by atoms with Crippen molar-refractivity contribution in [2.45, 2.75) is 58.3 Å². The summed E-state index contributed by atoms with van der Waals surface area (Å²) >= 11 is 0. The van der Waals surface area contributed by atoms with E-state index in [1.54, 1.807) is 42.6 Å². The second-order valence-corrected chi connectivity index (χ2v) is 10.8. The van der Waals surface area contributed by atoms with E-state index in [4.69, 9.17) is 9.47 Å². The number of carbonyl (C=O) groups excluding carboxylic acids is 2. The molecule has 0 radical (unpaired) electrons. The minimum atomic E-state index is -4.48. The number of benzene rings is 2. The number of alkyl halides is 3. The normalized spacial score (nSPS) is 14.8. The third-order valence-corrected chi connectivity index (χ3v) is 7.41. The molecule has 0 saturated carbocycles. The van der Waals surface area contributed by atoms with Crippen LogP contribution in [0.15, 0.2) is 66.9 Å². The molecule has 2 heterocycles. The van der Waals surface area contributed by atoms with E-state index in [2.05, 4.69) is 4.98 Å². The van der Waals surface area contributed by atoms with E-state index in [0.717, 1.165) is 36.1 Å². The van der Waals surface area contributed by atoms with Crippen molar-refractivity contribution >= 4 is 23.8 Å². The molecule has 0 aliphatic carbocycles. The van der Waals surface area contributed by atoms with Gasteiger partial charge in [0.05, 0.1) is 31.1 Å². The predicted molar refractivity (Wildman–Crippen MR) is 160 cm³/mol. The van der Waals surface area contributed by atoms with Gasteiger partial charge in [0.2, 0.25) is 5.91 Å². The van der Waals surface area contributed by atoms with E-state index in [-0.39, 0.29) is 38.4 Å². The molecule has 4 rings (SSSR count). The van der Waals surface area contributed by atoms with Crippen LogP contribution in [0.5, 0.6) is 5.75 Å². The molecule has 1 aromatic heterocycles. The number of carboxylic acids is 1. The zero-order chi connectivity index (χ0) is 32.4. The Balaban J connectivity index is 1.44. The number of anilines is 1. The number of carbonyl (C=O) groups is 3. The molecule has 1 unspecified atom stereocenters. The van der Waals surface area contributed by atoms with Crippen molar-refractivity contribution in [2.24, 2.45) is 5.92 Å². The molecular formula is C33H36F3N3O6. The first kappa shape index (κ1) is 33.3. The average molecular weight is 628 g/mol. The van der Waals surface area contributed by atoms with Gasteiger partial charge >= 0.3 is 18.2 Å². The number of aliphatic carboxylic acids is 1. The number of nitrogens with zero attached hydrogens (tertiary/aromatic N) is 3. The summed E-state index contributed by atoms with van der Waals surface area (Å²) in [6.45, 7) is 3.05. The van der Waals surface area contributed by atoms with Gasteiger partial charge in [-0.25, -0.2) is 9.78 Å². The number of hydrogen-bond acceptors (Lipinski definition) is 6. The maximum Gasteiger partial charge on any atom is 0.416 e. The number of halogens is 3. The Kier molecular flexibility index (Phi) is 11.4. The lowest BCUT2D eigenvalue weighted by atomic mass is 9.94. The Labute approximate surface area is 259 Å². The fraction of sp³-hybridized carbons (Fsp3) is 0.394. The van der Waals surface area contributed by atoms with Crippen LogP contribution in [0.2, 0.25) is 0 Å². The van der Waals surface area contributed by atoms with Gasteiger partial charge in [-0.1, -0.05) is 37.6 Å². The summed E-state index contributed by atoms with van der Waals surface area (Å²) in [7, 11) is 0. The van der Waals surface area contributed by atoms with Crippen molar-refractivity contribution < 1.29 is 42.1 Å². The number of fused-ring (bicyclic) bond motifs is 1. The first-order valence-corrected chi connectivity index (χ1v) is 14.8. The van der Waals surface area contributed by atoms with Crippen LogP contribution in [-0.4, -0.2) is 52.7 Å². The highest BCUT2D eigenvalue weighted by molar-refractivity contribution is 5.86. The van der Waals surface area contributed by atoms with Crippen LogP contribution in [0.25, 0.3) is 0 Å². The van der Waals surface area contributed by atoms with E-state index >= 15 is 0 Å². The standard InChI is InChI=1S/C33H36F3N3O6/c1-2-3-16-45-32(43)39(29-7-4-5-14-37-29)15-6-17-44-28-13-10-24-18-25(20-30(40)41)31(42)38(22-26(24)19-28)21-23-8-11-27(12-9-23)33(34,35)36/h4-5,7-14,19,25H,2-3,6,15-18,20-22H2,1H3,(H,40,41). The fourth-order valence-corrected chi connectivity index (χ4v) is 5.06. The van der Waals surface area contributed by atoms with Gasteiger partial charge in [0.1, 0.15) is 11.6 Å². The zero-order valence-electron chi connectivity index (χ0n) is 25.0. The highest BCUT2D eigenvalue weighted by atomic mass is 19.4. The van der Waals surface area contributed by atoms with Gasteiger partial charge in [0, 0.05) is 25.8 Å². The van der Waals surface area contributed by atoms with Gasteiger partial charge in [-0.3, -0.25) is 14.5 Å². The van der Waals surface area contributed by atoms with Crippen molar-refractivity contribution in [1.82, 2.24) is 9.88 Å². The summed E-state index contributed by atoms with van der Waals surface area (Å²) in [5, 5.41) is 9.44. The SMILES string of the molecule is CCCCOC(=O)N(CCCOc1ccc2c(c1)CN(Cc1ccc(C(F)(F)F)cc1)C(=O)C(CC(=O)O)C2)c1ccccn1. The average Bonchev–Trinajstić information content (AvgIpc) is 3.12. The molecule has 1 aliphatic rings. The van der Waals surface area contributed by atoms with Crippen LogP contribution < -0.4 is 9.64 Å². The number of hydrogen-bond donors (Lipinski definition) is 1. The van der Waals surface area contributed by atoms with Crippen molar-refractivity contribution in [1.29, 1.82) is 0 Å². The topological polar surface area (TPSA) is 109 Å². The molecule has 45 heavy (non-hydrogen) atoms. The molecule has 12 heteroatoms. The van der Waals surface area contributed by atoms with Crippen molar-refractivity contribution in [3.05, 3.63) is 89.1 Å². The Morgan fingerprint density at radius 3 is 2.49 bits per heavy atom. The van der Waals surface area contributed by atoms with Crippen LogP contribution >= 0.6 is 0 Å². The van der Waals surface area contributed by atoms with E-state index in [9.17, 15) is 32.7 Å². The number of carboxylic acid groups (broad SMARTS) is 1. The van der Waals surface area contributed by atoms with Crippen LogP contribution in [-0.2, 0) is 40.0 Å². The van der Waals surface area contributed by atoms with Crippen molar-refractivity contribution in [3.8, 4) is 5.75 Å². The lowest BCUT2D eigenvalue weighted by molar-refractivity contribution is -0.144. The van der Waals surface area contributed by atoms with E-state index in [0.29, 0.717) is 36.7 Å². The quantitative estimate of drug-likeness (QED) is 0.216. The molecule has 1 N–H and O–H groups in total. The van der Waals surface area contributed by atoms with Crippen LogP contribution in [0.3, 0.4) is 0 Å². The zero-order valence-corrected chi connectivity index (χ0v) is 25.0. The Morgan fingerprint density at radius 2 is 1.82 bits per heavy atom. The Bertz CT molecular complexity index is 1450. The van der Waals surface area contributed by atoms with E-state index in [1.807, 2.05) is 6.92 Å². The summed E-state index contributed by atoms with van der Waals surface area (Å²) in [5.41, 5.74) is 1.26. The van der Waals surface area contributed by atoms with Crippen molar-refractivity contribution in [2.75, 3.05) is 24.7 Å². The number of pyridine rings is 1. The van der Waals surface area contributed by atoms with Gasteiger partial charge in [0.15, 0.2) is 0 Å². The third-order valence-electron chi connectivity index (χ3n) is 7.41. The maximum absolute atomic E-state index is 13.4. The molecule has 0 saturated heterocycles. The number of amides is 2. The molecule has 0 fully saturated rings. The Morgan fingerprint density at radius 1 is 1.04 bits per heavy atom. The molecule has 2 amide bonds. The highest BCUT2D eigenvalue weighted by Crippen LogP contribution is 2.31. The second-order valence-electron chi connectivity index (χ2n) is 10.8. The molecule has 0 spiro atoms. The maximum atomic E-state index is 13.4. The molecule has 1 atom stereocenters. The number of ether oxygens (including phenoxy) is 2. The smallest absolute Gasteiger partial charge is 0.416 e. The van der Waals surface area contributed by atoms with Crippen molar-refractivity contribution in [3.63, 3.8) is 0 Å². The largest absolute Gasteiger partial charge is 0.494 e. The van der Waals surface area contributed by atoms with E-state index < -0.39 is 29.7 Å². The van der Waals surface area contributed by atoms with Gasteiger partial charge in [-0.15, -0.1) is 0 Å². The summed E-state index contributed by atoms with van der Waals surface area (Å²) < 4.78 is 50.5. The summed E-state index contributed by atoms with van der Waals surface area (Å²) in [5.74, 6) is -1.31. The highest BCUT2D eigenvalue weighted by Gasteiger charge is 2.33. The van der Waals surface area contributed by atoms with Crippen LogP contribution in [0.4, 0.5) is 23.8 Å². The molecule has 9 nitrogen and oxygen atoms in total. The Hall–Kier alpha value is -4.61. The molecular weight excluding hydrogens is 591 g/mol. The summed E-state index contributed by atoms with van der Waals surface area (Å²) in [6.07, 6.45) is -1.40. The fourth-order valence-electron chi connectivity index (χ4n) is 5.06. The molecule has 3 aromatic rings. The van der Waals surface area contributed by atoms with Gasteiger partial charge in [0.25, 0.3) is 0 Å². The number of rotatable bonds is 13. The predicted octanol–water partition coefficient (Wildman–Crippen LogP) is 6.49. The lowest BCUT2D eigenvalue weighted by Crippen LogP contribution is -2.35. The van der Waals surface area contributed by atoms with E-state index in [1.165, 1.54) is 21.9 Å². The first-order chi connectivity index (χ1) is 21.5. The van der Waals surface area contributed by atoms with Gasteiger partial charge in [-0.2, -0.15) is 13.2 Å². The first-order valence-electron chi connectivity index (χ1n) is 14.8. The lowest BCUT2D eigenvalue weighted by Gasteiger charge is -2.24. The minimum absolute atomic E-state index is 0.0231. The molecule has 1 aliphatic heterocycles. The summed E-state index contributed by atoms with van der Waals surface area (Å²) in [6, 6.07) is 15.2. The van der Waals surface area contributed by atoms with Crippen LogP contribution in [0, 0.1) is 5.92 Å². The molecule has 240 valence electrons. The van der Waals surface area contributed by atoms with Crippen LogP contribution in [0.1, 0.15) is 54.9 Å². The third kappa shape index (κ3) is 9.44. The summed E-state index contributed by atoms with van der Waals surface area (Å²) in [4.78, 5) is 44.9. The second kappa shape index (κ2) is 15.4. The number of aromatic nitrogens is 1. The van der Waals surface area contributed by atoms with Gasteiger partial charge in [-0.05, 0) is 72.4 Å². The number of unbranched alkanes of at least 4 members (excludes halogenated alkanes) is 1. The molecule has 2 aromatic carbocycles. The minimum Gasteiger partial charge on any atom is -0.494 e. The monoisotopic (exact) mass is 627 g/mol. The van der Waals surface area contributed by atoms with Gasteiger partial charge < -0.3 is 19.5 Å².